The molecule has 2 aromatic rings. The normalized spacial score (nSPS) is 18.5. The van der Waals surface area contributed by atoms with Crippen LogP contribution in [0.25, 0.3) is 11.1 Å². The van der Waals surface area contributed by atoms with Crippen LogP contribution in [0.5, 0.6) is 0 Å². The summed E-state index contributed by atoms with van der Waals surface area (Å²) < 4.78 is 1.80. The van der Waals surface area contributed by atoms with Gasteiger partial charge in [0.25, 0.3) is 0 Å². The summed E-state index contributed by atoms with van der Waals surface area (Å²) in [7, 11) is 0. The number of rotatable bonds is 1. The zero-order valence-electron chi connectivity index (χ0n) is 27.5. The Labute approximate surface area is 262 Å². The summed E-state index contributed by atoms with van der Waals surface area (Å²) >= 11 is 1.69. The van der Waals surface area contributed by atoms with E-state index in [9.17, 15) is 0 Å². The topological polar surface area (TPSA) is 0 Å². The predicted molar refractivity (Wildman–Crippen MR) is 173 cm³/mol. The Morgan fingerprint density at radius 3 is 1.88 bits per heavy atom. The molecule has 0 saturated heterocycles. The predicted octanol–water partition coefficient (Wildman–Crippen LogP) is 11.1. The average molecular weight is 614 g/mol. The molecule has 1 fully saturated rings. The van der Waals surface area contributed by atoms with Crippen molar-refractivity contribution < 1.29 is 24.2 Å². The van der Waals surface area contributed by atoms with Gasteiger partial charge < -0.3 is 0 Å². The first-order chi connectivity index (χ1) is 18.5. The third kappa shape index (κ3) is 8.84. The van der Waals surface area contributed by atoms with Crippen LogP contribution in [0.2, 0.25) is 0 Å². The standard InChI is InChI=1S/C21H25.C12H19.C6H10.Zr/c1-20(2,3)16-9-7-14-11-15-8-10-17(21(4,5)6)13-19(15)18(14)12-16;1-6-10-7-9(2)8-11(10)12(3,4)5;1-2-4-6-5-3-1;/h7,9-10,12-13H,11H2,1-6H3;8-9H,6H2,1-5H3;1-5H2;/q2*-1;;+2. The molecular formula is C39H54Zr. The van der Waals surface area contributed by atoms with Gasteiger partial charge in [-0.3, -0.25) is 6.08 Å². The molecular weight excluding hydrogens is 560 g/mol. The van der Waals surface area contributed by atoms with Gasteiger partial charge in [-0.2, -0.15) is 41.0 Å². The Hall–Kier alpha value is -1.33. The zero-order valence-corrected chi connectivity index (χ0v) is 29.9. The fourth-order valence-electron chi connectivity index (χ4n) is 5.70. The summed E-state index contributed by atoms with van der Waals surface area (Å²) in [5.74, 6) is 0.522. The number of benzene rings is 2. The van der Waals surface area contributed by atoms with Crippen LogP contribution in [-0.2, 0) is 41.5 Å². The SMILES string of the molecule is CC(C)(C)c1c[c-]c2c(c1)-c1cc(C(C)(C)C)ccc1C2.CCC1=[C-]C(C)C=C1C(C)(C)C.[Zr+2]=[C]1CCCCC1. The van der Waals surface area contributed by atoms with Crippen molar-refractivity contribution in [3.63, 3.8) is 0 Å². The van der Waals surface area contributed by atoms with Gasteiger partial charge in [-0.1, -0.05) is 129 Å². The van der Waals surface area contributed by atoms with Gasteiger partial charge in [0.05, 0.1) is 0 Å². The van der Waals surface area contributed by atoms with Crippen LogP contribution in [0, 0.1) is 23.5 Å². The second-order valence-corrected chi connectivity index (χ2v) is 16.8. The number of hydrogen-bond acceptors (Lipinski definition) is 0. The molecule has 0 amide bonds. The van der Waals surface area contributed by atoms with Crippen LogP contribution in [-0.4, -0.2) is 3.21 Å². The van der Waals surface area contributed by atoms with Gasteiger partial charge >= 0.3 is 59.5 Å². The van der Waals surface area contributed by atoms with E-state index in [1.165, 1.54) is 76.6 Å². The molecule has 2 aromatic carbocycles. The molecule has 0 nitrogen and oxygen atoms in total. The van der Waals surface area contributed by atoms with E-state index >= 15 is 0 Å². The molecule has 3 aliphatic rings. The van der Waals surface area contributed by atoms with Crippen molar-refractivity contribution >= 4 is 3.21 Å². The number of hydrogen-bond donors (Lipinski definition) is 0. The van der Waals surface area contributed by atoms with Gasteiger partial charge in [-0.15, -0.1) is 5.56 Å². The second-order valence-electron chi connectivity index (χ2n) is 15.1. The van der Waals surface area contributed by atoms with E-state index in [0.29, 0.717) is 11.3 Å². The molecule has 3 aliphatic carbocycles. The van der Waals surface area contributed by atoms with Gasteiger partial charge in [0, 0.05) is 0 Å². The summed E-state index contributed by atoms with van der Waals surface area (Å²) in [6.45, 7) is 24.9. The quantitative estimate of drug-likeness (QED) is 0.240. The van der Waals surface area contributed by atoms with E-state index in [-0.39, 0.29) is 10.8 Å². The second kappa shape index (κ2) is 13.3. The monoisotopic (exact) mass is 612 g/mol. The van der Waals surface area contributed by atoms with E-state index in [1.54, 1.807) is 27.4 Å². The minimum absolute atomic E-state index is 0.177. The van der Waals surface area contributed by atoms with Crippen molar-refractivity contribution in [2.24, 2.45) is 11.3 Å². The van der Waals surface area contributed by atoms with Crippen molar-refractivity contribution in [2.45, 2.75) is 132 Å². The molecule has 1 heteroatoms. The van der Waals surface area contributed by atoms with Crippen molar-refractivity contribution in [1.29, 1.82) is 0 Å². The maximum atomic E-state index is 3.53. The summed E-state index contributed by atoms with van der Waals surface area (Å²) in [6, 6.07) is 15.1. The fourth-order valence-corrected chi connectivity index (χ4v) is 6.57. The third-order valence-electron chi connectivity index (χ3n) is 8.29. The molecule has 5 rings (SSSR count). The number of allylic oxidation sites excluding steroid dienone is 4. The molecule has 1 saturated carbocycles. The zero-order chi connectivity index (χ0) is 29.9. The molecule has 0 N–H and O–H groups in total. The average Bonchev–Trinajstić information content (AvgIpc) is 3.43. The van der Waals surface area contributed by atoms with E-state index in [2.05, 4.69) is 125 Å². The van der Waals surface area contributed by atoms with Gasteiger partial charge in [0.15, 0.2) is 0 Å². The Morgan fingerprint density at radius 2 is 1.40 bits per heavy atom. The van der Waals surface area contributed by atoms with Gasteiger partial charge in [0.1, 0.15) is 0 Å². The molecule has 214 valence electrons. The van der Waals surface area contributed by atoms with Crippen molar-refractivity contribution in [3.8, 4) is 11.1 Å². The Balaban J connectivity index is 0.000000194. The van der Waals surface area contributed by atoms with Crippen LogP contribution in [0.3, 0.4) is 0 Å². The summed E-state index contributed by atoms with van der Waals surface area (Å²) in [5, 5.41) is 0. The van der Waals surface area contributed by atoms with Gasteiger partial charge in [-0.05, 0) is 17.4 Å². The van der Waals surface area contributed by atoms with Crippen molar-refractivity contribution in [3.05, 3.63) is 82.0 Å². The molecule has 0 bridgehead atoms. The van der Waals surface area contributed by atoms with Crippen LogP contribution in [0.15, 0.2) is 47.6 Å². The molecule has 1 atom stereocenters. The minimum atomic E-state index is 0.177. The van der Waals surface area contributed by atoms with E-state index in [4.69, 9.17) is 0 Å². The first-order valence-electron chi connectivity index (χ1n) is 15.6. The summed E-state index contributed by atoms with van der Waals surface area (Å²) in [5.41, 5.74) is 12.0. The molecule has 40 heavy (non-hydrogen) atoms. The molecule has 0 heterocycles. The first-order valence-corrected chi connectivity index (χ1v) is 16.8. The molecule has 0 radical (unpaired) electrons. The molecule has 0 aromatic heterocycles. The van der Waals surface area contributed by atoms with E-state index < -0.39 is 0 Å². The first kappa shape index (κ1) is 33.2. The van der Waals surface area contributed by atoms with Gasteiger partial charge in [0.2, 0.25) is 0 Å². The van der Waals surface area contributed by atoms with Gasteiger partial charge in [-0.25, -0.2) is 5.57 Å². The molecule has 0 spiro atoms. The van der Waals surface area contributed by atoms with Crippen LogP contribution in [0.4, 0.5) is 0 Å². The fraction of sp³-hybridized carbons (Fsp3) is 0.564. The Bertz CT molecular complexity index is 1180. The molecule has 1 unspecified atom stereocenters. The van der Waals surface area contributed by atoms with E-state index in [1.807, 2.05) is 0 Å². The maximum absolute atomic E-state index is 3.53. The molecule has 0 aliphatic heterocycles. The Morgan fingerprint density at radius 1 is 0.800 bits per heavy atom. The summed E-state index contributed by atoms with van der Waals surface area (Å²) in [6.07, 6.45) is 15.3. The van der Waals surface area contributed by atoms with Crippen molar-refractivity contribution in [2.75, 3.05) is 0 Å². The van der Waals surface area contributed by atoms with Crippen molar-refractivity contribution in [1.82, 2.24) is 0 Å². The van der Waals surface area contributed by atoms with E-state index in [0.717, 1.165) is 12.8 Å². The van der Waals surface area contributed by atoms with Crippen LogP contribution >= 0.6 is 0 Å². The summed E-state index contributed by atoms with van der Waals surface area (Å²) in [4.78, 5) is 0. The number of fused-ring (bicyclic) bond motifs is 3. The van der Waals surface area contributed by atoms with Crippen LogP contribution < -0.4 is 0 Å². The van der Waals surface area contributed by atoms with Crippen LogP contribution in [0.1, 0.15) is 137 Å². The Kier molecular flexibility index (Phi) is 11.0. The third-order valence-corrected chi connectivity index (χ3v) is 9.52.